The summed E-state index contributed by atoms with van der Waals surface area (Å²) in [6.45, 7) is 7.04. The van der Waals surface area contributed by atoms with E-state index in [0.717, 1.165) is 5.92 Å². The molecule has 0 heteroatoms. The van der Waals surface area contributed by atoms with E-state index in [1.807, 2.05) is 0 Å². The Labute approximate surface area is 155 Å². The van der Waals surface area contributed by atoms with Crippen LogP contribution < -0.4 is 0 Å². The molecule has 0 spiro atoms. The molecule has 1 atom stereocenters. The van der Waals surface area contributed by atoms with E-state index < -0.39 is 0 Å². The minimum absolute atomic E-state index is 0.964. The van der Waals surface area contributed by atoms with Crippen molar-refractivity contribution in [3.05, 3.63) is 0 Å². The lowest BCUT2D eigenvalue weighted by Gasteiger charge is -2.09. The van der Waals surface area contributed by atoms with Gasteiger partial charge in [-0.05, 0) is 5.92 Å². The smallest absolute Gasteiger partial charge is 0.0443 e. The van der Waals surface area contributed by atoms with Gasteiger partial charge in [0.2, 0.25) is 0 Å². The van der Waals surface area contributed by atoms with Crippen molar-refractivity contribution in [2.45, 2.75) is 149 Å². The van der Waals surface area contributed by atoms with Crippen molar-refractivity contribution in [3.8, 4) is 0 Å². The predicted octanol–water partition coefficient (Wildman–Crippen LogP) is 9.46. The molecule has 0 aromatic rings. The van der Waals surface area contributed by atoms with E-state index in [-0.39, 0.29) is 0 Å². The summed E-state index contributed by atoms with van der Waals surface area (Å²) in [7, 11) is 0. The Morgan fingerprint density at radius 3 is 1.04 bits per heavy atom. The van der Waals surface area contributed by atoms with Crippen molar-refractivity contribution in [2.24, 2.45) is 5.92 Å². The van der Waals surface area contributed by atoms with E-state index in [2.05, 4.69) is 20.8 Å². The number of unbranched alkanes of at least 4 members (excludes halogenated alkanes) is 16. The first-order valence-corrected chi connectivity index (χ1v) is 11.8. The SMILES string of the molecule is CCCCCCCCCCCCCCCCCCCC(C)CCC. The van der Waals surface area contributed by atoms with Crippen LogP contribution >= 0.6 is 0 Å². The summed E-state index contributed by atoms with van der Waals surface area (Å²) in [5.41, 5.74) is 0. The third kappa shape index (κ3) is 20.0. The fourth-order valence-electron chi connectivity index (χ4n) is 3.85. The van der Waals surface area contributed by atoms with Crippen LogP contribution in [-0.4, -0.2) is 0 Å². The van der Waals surface area contributed by atoms with Gasteiger partial charge in [-0.3, -0.25) is 0 Å². The molecule has 0 saturated carbocycles. The molecule has 0 heterocycles. The molecule has 0 nitrogen and oxygen atoms in total. The van der Waals surface area contributed by atoms with Crippen LogP contribution in [-0.2, 0) is 0 Å². The van der Waals surface area contributed by atoms with Gasteiger partial charge < -0.3 is 0 Å². The highest BCUT2D eigenvalue weighted by Gasteiger charge is 2.00. The molecule has 0 rings (SSSR count). The average molecular weight is 339 g/mol. The topological polar surface area (TPSA) is 0 Å². The number of hydrogen-bond acceptors (Lipinski definition) is 0. The second-order valence-electron chi connectivity index (χ2n) is 8.34. The standard InChI is InChI=1S/C24H50/c1-4-6-7-8-9-10-11-12-13-14-15-16-17-18-19-20-21-23-24(3)22-5-2/h24H,4-23H2,1-3H3. The Hall–Kier alpha value is 0. The highest BCUT2D eigenvalue weighted by molar-refractivity contribution is 4.54. The van der Waals surface area contributed by atoms with Crippen LogP contribution in [0.2, 0.25) is 0 Å². The Bertz CT molecular complexity index is 208. The van der Waals surface area contributed by atoms with Crippen LogP contribution in [0.3, 0.4) is 0 Å². The highest BCUT2D eigenvalue weighted by Crippen LogP contribution is 2.17. The van der Waals surface area contributed by atoms with Crippen molar-refractivity contribution < 1.29 is 0 Å². The van der Waals surface area contributed by atoms with Gasteiger partial charge in [0, 0.05) is 0 Å². The fourth-order valence-corrected chi connectivity index (χ4v) is 3.85. The van der Waals surface area contributed by atoms with Gasteiger partial charge in [0.05, 0.1) is 0 Å². The van der Waals surface area contributed by atoms with Gasteiger partial charge in [-0.2, -0.15) is 0 Å². The van der Waals surface area contributed by atoms with Crippen molar-refractivity contribution in [1.82, 2.24) is 0 Å². The molecule has 0 N–H and O–H groups in total. The quantitative estimate of drug-likeness (QED) is 0.194. The summed E-state index contributed by atoms with van der Waals surface area (Å²) in [4.78, 5) is 0. The van der Waals surface area contributed by atoms with Crippen LogP contribution in [0.1, 0.15) is 149 Å². The van der Waals surface area contributed by atoms with E-state index >= 15 is 0 Å². The van der Waals surface area contributed by atoms with E-state index in [1.54, 1.807) is 0 Å². The Kier molecular flexibility index (Phi) is 21.0. The molecule has 0 saturated heterocycles. The van der Waals surface area contributed by atoms with E-state index in [9.17, 15) is 0 Å². The van der Waals surface area contributed by atoms with E-state index in [0.29, 0.717) is 0 Å². The lowest BCUT2D eigenvalue weighted by molar-refractivity contribution is 0.449. The van der Waals surface area contributed by atoms with E-state index in [4.69, 9.17) is 0 Å². The summed E-state index contributed by atoms with van der Waals surface area (Å²) < 4.78 is 0. The molecular formula is C24H50. The first-order valence-electron chi connectivity index (χ1n) is 11.8. The lowest BCUT2D eigenvalue weighted by Crippen LogP contribution is -1.93. The Morgan fingerprint density at radius 1 is 0.375 bits per heavy atom. The molecule has 0 aromatic heterocycles. The van der Waals surface area contributed by atoms with Crippen LogP contribution in [0, 0.1) is 5.92 Å². The van der Waals surface area contributed by atoms with Crippen molar-refractivity contribution in [3.63, 3.8) is 0 Å². The predicted molar refractivity (Wildman–Crippen MR) is 113 cm³/mol. The molecule has 146 valence electrons. The molecule has 0 aromatic carbocycles. The monoisotopic (exact) mass is 338 g/mol. The number of rotatable bonds is 20. The van der Waals surface area contributed by atoms with Gasteiger partial charge >= 0.3 is 0 Å². The average Bonchev–Trinajstić information content (AvgIpc) is 2.58. The van der Waals surface area contributed by atoms with Gasteiger partial charge in [0.15, 0.2) is 0 Å². The summed E-state index contributed by atoms with van der Waals surface area (Å²) in [6, 6.07) is 0. The molecular weight excluding hydrogens is 288 g/mol. The summed E-state index contributed by atoms with van der Waals surface area (Å²) >= 11 is 0. The second kappa shape index (κ2) is 21.0. The van der Waals surface area contributed by atoms with Gasteiger partial charge in [0.25, 0.3) is 0 Å². The molecule has 0 aliphatic carbocycles. The van der Waals surface area contributed by atoms with E-state index in [1.165, 1.54) is 128 Å². The minimum atomic E-state index is 0.964. The maximum absolute atomic E-state index is 2.43. The van der Waals surface area contributed by atoms with Crippen LogP contribution in [0.15, 0.2) is 0 Å². The third-order valence-electron chi connectivity index (χ3n) is 5.58. The molecule has 24 heavy (non-hydrogen) atoms. The molecule has 0 aliphatic rings. The first-order chi connectivity index (χ1) is 11.8. The van der Waals surface area contributed by atoms with Crippen LogP contribution in [0.5, 0.6) is 0 Å². The second-order valence-corrected chi connectivity index (χ2v) is 8.34. The summed E-state index contributed by atoms with van der Waals surface area (Å²) in [5, 5.41) is 0. The molecule has 0 aliphatic heterocycles. The molecule has 0 amide bonds. The normalized spacial score (nSPS) is 12.6. The third-order valence-corrected chi connectivity index (χ3v) is 5.58. The number of hydrogen-bond donors (Lipinski definition) is 0. The fraction of sp³-hybridized carbons (Fsp3) is 1.00. The lowest BCUT2D eigenvalue weighted by atomic mass is 9.98. The Balaban J connectivity index is 3.00. The van der Waals surface area contributed by atoms with Crippen molar-refractivity contribution in [1.29, 1.82) is 0 Å². The maximum Gasteiger partial charge on any atom is -0.0443 e. The largest absolute Gasteiger partial charge is 0.0654 e. The summed E-state index contributed by atoms with van der Waals surface area (Å²) in [5.74, 6) is 0.964. The first kappa shape index (κ1) is 24.0. The van der Waals surface area contributed by atoms with Gasteiger partial charge in [-0.15, -0.1) is 0 Å². The van der Waals surface area contributed by atoms with Crippen LogP contribution in [0.4, 0.5) is 0 Å². The molecule has 0 fully saturated rings. The zero-order chi connectivity index (χ0) is 17.7. The summed E-state index contributed by atoms with van der Waals surface area (Å²) in [6.07, 6.45) is 29.3. The molecule has 1 unspecified atom stereocenters. The van der Waals surface area contributed by atoms with Gasteiger partial charge in [-0.25, -0.2) is 0 Å². The van der Waals surface area contributed by atoms with Crippen molar-refractivity contribution >= 4 is 0 Å². The van der Waals surface area contributed by atoms with Gasteiger partial charge in [-0.1, -0.05) is 149 Å². The molecule has 0 radical (unpaired) electrons. The van der Waals surface area contributed by atoms with Crippen molar-refractivity contribution in [2.75, 3.05) is 0 Å². The Morgan fingerprint density at radius 2 is 0.708 bits per heavy atom. The highest BCUT2D eigenvalue weighted by atomic mass is 14.1. The van der Waals surface area contributed by atoms with Crippen LogP contribution in [0.25, 0.3) is 0 Å². The zero-order valence-corrected chi connectivity index (χ0v) is 17.7. The van der Waals surface area contributed by atoms with Gasteiger partial charge in [0.1, 0.15) is 0 Å². The maximum atomic E-state index is 2.43. The zero-order valence-electron chi connectivity index (χ0n) is 17.7. The minimum Gasteiger partial charge on any atom is -0.0654 e. The molecule has 0 bridgehead atoms.